The van der Waals surface area contributed by atoms with Gasteiger partial charge in [-0.15, -0.1) is 0 Å². The molecule has 0 unspecified atom stereocenters. The second kappa shape index (κ2) is 7.41. The highest BCUT2D eigenvalue weighted by molar-refractivity contribution is 6.02. The van der Waals surface area contributed by atoms with Crippen molar-refractivity contribution in [3.8, 4) is 0 Å². The van der Waals surface area contributed by atoms with Crippen LogP contribution in [0, 0.1) is 0 Å². The fraction of sp³-hybridized carbons (Fsp3) is 0.167. The fourth-order valence-electron chi connectivity index (χ4n) is 2.15. The molecule has 0 fully saturated rings. The molecule has 0 atom stereocenters. The summed E-state index contributed by atoms with van der Waals surface area (Å²) in [5.74, 6) is 1.09. The quantitative estimate of drug-likeness (QED) is 0.726. The van der Waals surface area contributed by atoms with Gasteiger partial charge in [0.25, 0.3) is 5.91 Å². The van der Waals surface area contributed by atoms with E-state index in [1.807, 2.05) is 36.4 Å². The number of benzene rings is 1. The number of carbonyl (C=O) groups excluding carboxylic acids is 1. The van der Waals surface area contributed by atoms with Gasteiger partial charge < -0.3 is 15.1 Å². The molecule has 2 aromatic heterocycles. The van der Waals surface area contributed by atoms with Crippen molar-refractivity contribution in [2.24, 2.45) is 0 Å². The molecule has 122 valence electrons. The summed E-state index contributed by atoms with van der Waals surface area (Å²) in [4.78, 5) is 20.5. The average molecular weight is 322 g/mol. The first-order chi connectivity index (χ1) is 11.7. The van der Waals surface area contributed by atoms with Gasteiger partial charge in [0.1, 0.15) is 17.3 Å². The summed E-state index contributed by atoms with van der Waals surface area (Å²) in [5.41, 5.74) is 2.22. The molecule has 0 spiro atoms. The molecule has 1 aromatic carbocycles. The summed E-state index contributed by atoms with van der Waals surface area (Å²) in [6, 6.07) is 11.4. The lowest BCUT2D eigenvalue weighted by Gasteiger charge is -2.06. The van der Waals surface area contributed by atoms with Crippen LogP contribution >= 0.6 is 0 Å². The van der Waals surface area contributed by atoms with E-state index in [1.165, 1.54) is 18.0 Å². The zero-order valence-electron chi connectivity index (χ0n) is 13.3. The van der Waals surface area contributed by atoms with Crippen molar-refractivity contribution in [1.82, 2.24) is 9.97 Å². The summed E-state index contributed by atoms with van der Waals surface area (Å²) in [7, 11) is 0. The van der Waals surface area contributed by atoms with E-state index in [2.05, 4.69) is 27.5 Å². The number of carbonyl (C=O) groups is 1. The van der Waals surface area contributed by atoms with Crippen LogP contribution in [-0.4, -0.2) is 15.9 Å². The number of aryl methyl sites for hydroxylation is 1. The highest BCUT2D eigenvalue weighted by Crippen LogP contribution is 2.12. The van der Waals surface area contributed by atoms with E-state index in [0.717, 1.165) is 17.9 Å². The average Bonchev–Trinajstić information content (AvgIpc) is 3.14. The van der Waals surface area contributed by atoms with Crippen LogP contribution < -0.4 is 10.6 Å². The van der Waals surface area contributed by atoms with Gasteiger partial charge in [-0.05, 0) is 36.2 Å². The molecule has 0 bridgehead atoms. The summed E-state index contributed by atoms with van der Waals surface area (Å²) in [5, 5.41) is 5.88. The van der Waals surface area contributed by atoms with Gasteiger partial charge in [0.2, 0.25) is 0 Å². The molecule has 0 saturated heterocycles. The maximum Gasteiger partial charge on any atom is 0.275 e. The van der Waals surface area contributed by atoms with E-state index in [4.69, 9.17) is 4.42 Å². The lowest BCUT2D eigenvalue weighted by Crippen LogP contribution is -2.14. The van der Waals surface area contributed by atoms with Crippen LogP contribution in [0.4, 0.5) is 11.5 Å². The van der Waals surface area contributed by atoms with Crippen LogP contribution in [0.3, 0.4) is 0 Å². The van der Waals surface area contributed by atoms with Crippen LogP contribution in [0.5, 0.6) is 0 Å². The summed E-state index contributed by atoms with van der Waals surface area (Å²) >= 11 is 0. The Hall–Kier alpha value is -3.15. The Morgan fingerprint density at radius 1 is 1.12 bits per heavy atom. The summed E-state index contributed by atoms with van der Waals surface area (Å²) in [6.45, 7) is 2.60. The first kappa shape index (κ1) is 15.7. The Kier molecular flexibility index (Phi) is 4.86. The van der Waals surface area contributed by atoms with E-state index < -0.39 is 0 Å². The predicted molar refractivity (Wildman–Crippen MR) is 91.8 cm³/mol. The molecule has 6 nitrogen and oxygen atoms in total. The lowest BCUT2D eigenvalue weighted by atomic mass is 10.1. The molecule has 3 rings (SSSR count). The zero-order valence-corrected chi connectivity index (χ0v) is 13.3. The Bertz CT molecular complexity index is 781. The number of nitrogens with zero attached hydrogens (tertiary/aromatic N) is 2. The molecule has 3 aromatic rings. The molecule has 0 aliphatic carbocycles. The largest absolute Gasteiger partial charge is 0.467 e. The topological polar surface area (TPSA) is 80.0 Å². The maximum absolute atomic E-state index is 12.2. The van der Waals surface area contributed by atoms with Crippen molar-refractivity contribution >= 4 is 17.4 Å². The number of amides is 1. The normalized spacial score (nSPS) is 10.4. The molecule has 0 aliphatic heterocycles. The number of rotatable bonds is 6. The molecule has 6 heteroatoms. The van der Waals surface area contributed by atoms with Crippen molar-refractivity contribution in [1.29, 1.82) is 0 Å². The van der Waals surface area contributed by atoms with Crippen LogP contribution in [0.2, 0.25) is 0 Å². The van der Waals surface area contributed by atoms with Gasteiger partial charge in [0.15, 0.2) is 0 Å². The van der Waals surface area contributed by atoms with Gasteiger partial charge in [-0.2, -0.15) is 0 Å². The van der Waals surface area contributed by atoms with Crippen LogP contribution in [0.25, 0.3) is 0 Å². The van der Waals surface area contributed by atoms with E-state index >= 15 is 0 Å². The number of aromatic nitrogens is 2. The number of anilines is 2. The standard InChI is InChI=1S/C18H18N4O2/c1-2-13-5-7-14(8-6-13)22-18(23)16-11-21-17(12-19-16)20-10-15-4-3-9-24-15/h3-9,11-12H,2,10H2,1H3,(H,20,21)(H,22,23). The van der Waals surface area contributed by atoms with Crippen molar-refractivity contribution in [3.05, 3.63) is 72.1 Å². The number of furan rings is 1. The highest BCUT2D eigenvalue weighted by Gasteiger charge is 2.08. The monoisotopic (exact) mass is 322 g/mol. The minimum atomic E-state index is -0.288. The molecule has 0 radical (unpaired) electrons. The fourth-order valence-corrected chi connectivity index (χ4v) is 2.15. The van der Waals surface area contributed by atoms with Crippen molar-refractivity contribution < 1.29 is 9.21 Å². The Morgan fingerprint density at radius 2 is 1.96 bits per heavy atom. The first-order valence-corrected chi connectivity index (χ1v) is 7.73. The summed E-state index contributed by atoms with van der Waals surface area (Å²) < 4.78 is 5.23. The molecule has 0 saturated carbocycles. The first-order valence-electron chi connectivity index (χ1n) is 7.73. The molecular formula is C18H18N4O2. The third-order valence-corrected chi connectivity index (χ3v) is 3.53. The second-order valence-corrected chi connectivity index (χ2v) is 5.22. The Labute approximate surface area is 140 Å². The molecule has 0 aliphatic rings. The molecule has 24 heavy (non-hydrogen) atoms. The van der Waals surface area contributed by atoms with Gasteiger partial charge in [0.05, 0.1) is 25.2 Å². The Morgan fingerprint density at radius 3 is 2.58 bits per heavy atom. The second-order valence-electron chi connectivity index (χ2n) is 5.22. The van der Waals surface area contributed by atoms with Crippen LogP contribution in [0.1, 0.15) is 28.7 Å². The number of hydrogen-bond acceptors (Lipinski definition) is 5. The lowest BCUT2D eigenvalue weighted by molar-refractivity contribution is 0.102. The third kappa shape index (κ3) is 3.98. The van der Waals surface area contributed by atoms with Gasteiger partial charge >= 0.3 is 0 Å². The molecule has 1 amide bonds. The SMILES string of the molecule is CCc1ccc(NC(=O)c2cnc(NCc3ccco3)cn2)cc1. The predicted octanol–water partition coefficient (Wildman–Crippen LogP) is 3.50. The minimum Gasteiger partial charge on any atom is -0.467 e. The van der Waals surface area contributed by atoms with Crippen LogP contribution in [-0.2, 0) is 13.0 Å². The molecule has 2 N–H and O–H groups in total. The Balaban J connectivity index is 1.58. The zero-order chi connectivity index (χ0) is 16.8. The van der Waals surface area contributed by atoms with Gasteiger partial charge in [0, 0.05) is 5.69 Å². The number of nitrogens with one attached hydrogen (secondary N) is 2. The van der Waals surface area contributed by atoms with E-state index in [0.29, 0.717) is 12.4 Å². The number of hydrogen-bond donors (Lipinski definition) is 2. The summed E-state index contributed by atoms with van der Waals surface area (Å²) in [6.07, 6.45) is 5.55. The molecule has 2 heterocycles. The van der Waals surface area contributed by atoms with Gasteiger partial charge in [-0.3, -0.25) is 4.79 Å². The third-order valence-electron chi connectivity index (χ3n) is 3.53. The van der Waals surface area contributed by atoms with Crippen molar-refractivity contribution in [3.63, 3.8) is 0 Å². The van der Waals surface area contributed by atoms with E-state index in [9.17, 15) is 4.79 Å². The maximum atomic E-state index is 12.2. The van der Waals surface area contributed by atoms with E-state index in [1.54, 1.807) is 6.26 Å². The molecular weight excluding hydrogens is 304 g/mol. The smallest absolute Gasteiger partial charge is 0.275 e. The van der Waals surface area contributed by atoms with Gasteiger partial charge in [-0.25, -0.2) is 9.97 Å². The highest BCUT2D eigenvalue weighted by atomic mass is 16.3. The van der Waals surface area contributed by atoms with E-state index in [-0.39, 0.29) is 11.6 Å². The minimum absolute atomic E-state index is 0.262. The van der Waals surface area contributed by atoms with Crippen molar-refractivity contribution in [2.45, 2.75) is 19.9 Å². The van der Waals surface area contributed by atoms with Gasteiger partial charge in [-0.1, -0.05) is 19.1 Å². The van der Waals surface area contributed by atoms with Crippen LogP contribution in [0.15, 0.2) is 59.5 Å². The van der Waals surface area contributed by atoms with Crippen molar-refractivity contribution in [2.75, 3.05) is 10.6 Å².